The van der Waals surface area contributed by atoms with Crippen molar-refractivity contribution < 1.29 is 0 Å². The molecule has 0 aliphatic carbocycles. The van der Waals surface area contributed by atoms with Crippen molar-refractivity contribution in [1.82, 2.24) is 15.1 Å². The van der Waals surface area contributed by atoms with Gasteiger partial charge in [-0.3, -0.25) is 4.90 Å². The van der Waals surface area contributed by atoms with E-state index in [1.165, 1.54) is 0 Å². The molecule has 6 nitrogen and oxygen atoms in total. The lowest BCUT2D eigenvalue weighted by Gasteiger charge is -2.40. The lowest BCUT2D eigenvalue weighted by molar-refractivity contribution is 0.168. The summed E-state index contributed by atoms with van der Waals surface area (Å²) in [4.78, 5) is 11.6. The highest BCUT2D eigenvalue weighted by molar-refractivity contribution is 6.42. The van der Waals surface area contributed by atoms with Crippen LogP contribution in [0.4, 0.5) is 11.4 Å². The Morgan fingerprint density at radius 2 is 1.77 bits per heavy atom. The Morgan fingerprint density at radius 1 is 1.00 bits per heavy atom. The fraction of sp³-hybridized carbons (Fsp3) is 0.318. The number of aliphatic imine (C=N–C) groups is 1. The highest BCUT2D eigenvalue weighted by atomic mass is 35.5. The Balaban J connectivity index is 1.45. The fourth-order valence-corrected chi connectivity index (χ4v) is 4.10. The smallest absolute Gasteiger partial charge is 0.179 e. The maximum atomic E-state index is 6.17. The quantitative estimate of drug-likeness (QED) is 0.673. The molecule has 0 amide bonds. The van der Waals surface area contributed by atoms with E-state index in [9.17, 15) is 0 Å². The first-order valence-corrected chi connectivity index (χ1v) is 11.2. The molecule has 2 aliphatic heterocycles. The number of amidine groups is 1. The number of piperazine rings is 1. The van der Waals surface area contributed by atoms with Gasteiger partial charge in [-0.15, -0.1) is 0 Å². The third-order valence-electron chi connectivity index (χ3n) is 5.30. The van der Waals surface area contributed by atoms with Crippen LogP contribution < -0.4 is 15.5 Å². The molecule has 0 spiro atoms. The van der Waals surface area contributed by atoms with Crippen LogP contribution in [0.1, 0.15) is 0 Å². The number of nitrogens with zero attached hydrogens (tertiary/aromatic N) is 4. The summed E-state index contributed by atoms with van der Waals surface area (Å²) < 4.78 is 0. The summed E-state index contributed by atoms with van der Waals surface area (Å²) in [5, 5.41) is 8.70. The number of benzene rings is 2. The maximum absolute atomic E-state index is 6.17. The first-order valence-electron chi connectivity index (χ1n) is 10.1. The summed E-state index contributed by atoms with van der Waals surface area (Å²) in [6, 6.07) is 13.5. The number of anilines is 2. The molecule has 1 saturated heterocycles. The largest absolute Gasteiger partial charge is 0.369 e. The second-order valence-corrected chi connectivity index (χ2v) is 8.97. The summed E-state index contributed by atoms with van der Waals surface area (Å²) in [5.74, 6) is 1.75. The molecule has 2 aromatic carbocycles. The van der Waals surface area contributed by atoms with Crippen LogP contribution in [0.2, 0.25) is 15.1 Å². The molecule has 2 aromatic rings. The van der Waals surface area contributed by atoms with E-state index in [1.807, 2.05) is 55.4 Å². The maximum Gasteiger partial charge on any atom is 0.179 e. The van der Waals surface area contributed by atoms with Gasteiger partial charge in [0.25, 0.3) is 0 Å². The Kier molecular flexibility index (Phi) is 6.82. The predicted molar refractivity (Wildman–Crippen MR) is 131 cm³/mol. The molecule has 0 bridgehead atoms. The molecule has 2 heterocycles. The Hall–Kier alpha value is -2.12. The van der Waals surface area contributed by atoms with Gasteiger partial charge in [-0.2, -0.15) is 0 Å². The van der Waals surface area contributed by atoms with Crippen LogP contribution in [0.5, 0.6) is 0 Å². The summed E-state index contributed by atoms with van der Waals surface area (Å²) in [6.07, 6.45) is 1.83. The van der Waals surface area contributed by atoms with Crippen molar-refractivity contribution in [2.75, 3.05) is 50.5 Å². The molecule has 2 aliphatic rings. The molecule has 1 unspecified atom stereocenters. The van der Waals surface area contributed by atoms with Crippen LogP contribution in [0.3, 0.4) is 0 Å². The average Bonchev–Trinajstić information content (AvgIpc) is 2.76. The van der Waals surface area contributed by atoms with E-state index < -0.39 is 0 Å². The van der Waals surface area contributed by atoms with Crippen LogP contribution in [0, 0.1) is 0 Å². The third kappa shape index (κ3) is 5.39. The van der Waals surface area contributed by atoms with Crippen molar-refractivity contribution in [3.8, 4) is 0 Å². The van der Waals surface area contributed by atoms with E-state index >= 15 is 0 Å². The summed E-state index contributed by atoms with van der Waals surface area (Å²) in [5.41, 5.74) is 2.01. The second kappa shape index (κ2) is 9.57. The van der Waals surface area contributed by atoms with E-state index in [0.717, 1.165) is 54.2 Å². The molecular formula is C22H25Cl3N6. The number of hydrogen-bond acceptors (Lipinski definition) is 6. The van der Waals surface area contributed by atoms with Gasteiger partial charge in [0.2, 0.25) is 0 Å². The number of rotatable bonds is 4. The summed E-state index contributed by atoms with van der Waals surface area (Å²) in [7, 11) is 3.98. The highest BCUT2D eigenvalue weighted by Gasteiger charge is 2.27. The standard InChI is InChI=1S/C22H25Cl3N6/c1-29(2)21-14-20(26-16-6-7-18(24)19(25)13-16)27-22(28-21)31-10-8-30(9-11-31)17-5-3-4-15(23)12-17/h3-7,12-14,22,26-27H,8-11H2,1-2H3. The average molecular weight is 480 g/mol. The van der Waals surface area contributed by atoms with Gasteiger partial charge in [-0.25, -0.2) is 4.99 Å². The minimum absolute atomic E-state index is 0.158. The van der Waals surface area contributed by atoms with Crippen LogP contribution in [0.25, 0.3) is 0 Å². The van der Waals surface area contributed by atoms with Crippen LogP contribution in [-0.2, 0) is 0 Å². The van der Waals surface area contributed by atoms with E-state index in [0.29, 0.717) is 10.0 Å². The highest BCUT2D eigenvalue weighted by Crippen LogP contribution is 2.26. The number of hydrogen-bond donors (Lipinski definition) is 2. The van der Waals surface area contributed by atoms with Crippen molar-refractivity contribution in [3.63, 3.8) is 0 Å². The summed E-state index contributed by atoms with van der Waals surface area (Å²) >= 11 is 18.4. The summed E-state index contributed by atoms with van der Waals surface area (Å²) in [6.45, 7) is 3.58. The third-order valence-corrected chi connectivity index (χ3v) is 6.28. The van der Waals surface area contributed by atoms with E-state index in [4.69, 9.17) is 39.8 Å². The molecule has 9 heteroatoms. The van der Waals surface area contributed by atoms with Gasteiger partial charge in [0.1, 0.15) is 11.7 Å². The van der Waals surface area contributed by atoms with Gasteiger partial charge in [-0.05, 0) is 36.4 Å². The van der Waals surface area contributed by atoms with E-state index in [1.54, 1.807) is 6.07 Å². The van der Waals surface area contributed by atoms with Gasteiger partial charge in [0.15, 0.2) is 6.29 Å². The molecule has 1 atom stereocenters. The van der Waals surface area contributed by atoms with E-state index in [2.05, 4.69) is 26.5 Å². The molecule has 1 fully saturated rings. The van der Waals surface area contributed by atoms with Crippen LogP contribution >= 0.6 is 34.8 Å². The van der Waals surface area contributed by atoms with Gasteiger partial charge >= 0.3 is 0 Å². The normalized spacial score (nSPS) is 19.4. The zero-order chi connectivity index (χ0) is 22.0. The lowest BCUT2D eigenvalue weighted by Crippen LogP contribution is -2.56. The number of halogens is 3. The fourth-order valence-electron chi connectivity index (χ4n) is 3.62. The topological polar surface area (TPSA) is 46.1 Å². The molecule has 4 rings (SSSR count). The van der Waals surface area contributed by atoms with Gasteiger partial charge in [0, 0.05) is 62.7 Å². The molecule has 164 valence electrons. The second-order valence-electron chi connectivity index (χ2n) is 7.71. The van der Waals surface area contributed by atoms with Crippen LogP contribution in [0.15, 0.2) is 59.4 Å². The minimum Gasteiger partial charge on any atom is -0.369 e. The minimum atomic E-state index is -0.158. The van der Waals surface area contributed by atoms with Crippen molar-refractivity contribution in [1.29, 1.82) is 0 Å². The monoisotopic (exact) mass is 478 g/mol. The van der Waals surface area contributed by atoms with Gasteiger partial charge < -0.3 is 20.4 Å². The van der Waals surface area contributed by atoms with Crippen molar-refractivity contribution in [2.45, 2.75) is 6.29 Å². The molecule has 31 heavy (non-hydrogen) atoms. The zero-order valence-electron chi connectivity index (χ0n) is 17.4. The van der Waals surface area contributed by atoms with Gasteiger partial charge in [0.05, 0.1) is 10.0 Å². The van der Waals surface area contributed by atoms with Crippen molar-refractivity contribution in [2.24, 2.45) is 4.99 Å². The first-order chi connectivity index (χ1) is 14.9. The van der Waals surface area contributed by atoms with E-state index in [-0.39, 0.29) is 6.29 Å². The first kappa shape index (κ1) is 22.1. The SMILES string of the molecule is CN(C)C1=NC(N2CCN(c3cccc(Cl)c3)CC2)NC(Nc2ccc(Cl)c(Cl)c2)=C1. The molecule has 0 saturated carbocycles. The Labute approximate surface area is 198 Å². The number of nitrogens with one attached hydrogen (secondary N) is 2. The molecule has 2 N–H and O–H groups in total. The lowest BCUT2D eigenvalue weighted by atomic mass is 10.2. The van der Waals surface area contributed by atoms with Crippen LogP contribution in [-0.4, -0.2) is 62.2 Å². The molecular weight excluding hydrogens is 455 g/mol. The molecule has 0 aromatic heterocycles. The van der Waals surface area contributed by atoms with Crippen molar-refractivity contribution >= 4 is 52.0 Å². The number of likely N-dealkylation sites (N-methyl/N-ethyl adjacent to an activating group) is 1. The molecule has 0 radical (unpaired) electrons. The van der Waals surface area contributed by atoms with Gasteiger partial charge in [-0.1, -0.05) is 40.9 Å². The zero-order valence-corrected chi connectivity index (χ0v) is 19.7. The van der Waals surface area contributed by atoms with Crippen molar-refractivity contribution in [3.05, 3.63) is 69.4 Å². The Bertz CT molecular complexity index is 998. The predicted octanol–water partition coefficient (Wildman–Crippen LogP) is 4.57. The Morgan fingerprint density at radius 3 is 2.45 bits per heavy atom.